The maximum absolute atomic E-state index is 14.0. The number of halogens is 3. The summed E-state index contributed by atoms with van der Waals surface area (Å²) in [4.78, 5) is 24.4. The van der Waals surface area contributed by atoms with Gasteiger partial charge < -0.3 is 14.2 Å². The number of esters is 1. The minimum Gasteiger partial charge on any atom is -0.493 e. The average Bonchev–Trinajstić information content (AvgIpc) is 2.98. The van der Waals surface area contributed by atoms with Crippen molar-refractivity contribution in [3.05, 3.63) is 58.9 Å². The van der Waals surface area contributed by atoms with Crippen molar-refractivity contribution in [2.75, 3.05) is 7.11 Å². The summed E-state index contributed by atoms with van der Waals surface area (Å²) in [5, 5.41) is 0. The van der Waals surface area contributed by atoms with Crippen molar-refractivity contribution in [1.29, 1.82) is 0 Å². The predicted octanol–water partition coefficient (Wildman–Crippen LogP) is 4.74. The highest BCUT2D eigenvalue weighted by molar-refractivity contribution is 6.04. The van der Waals surface area contributed by atoms with Crippen LogP contribution in [0.4, 0.5) is 13.2 Å². The molecule has 3 rings (SSSR count). The smallest absolute Gasteiger partial charge is 0.387 e. The zero-order chi connectivity index (χ0) is 21.1. The van der Waals surface area contributed by atoms with E-state index in [1.807, 2.05) is 0 Å². The number of carbonyl (C=O) groups excluding carboxylic acids is 2. The van der Waals surface area contributed by atoms with Crippen molar-refractivity contribution in [3.8, 4) is 17.2 Å². The zero-order valence-corrected chi connectivity index (χ0v) is 15.6. The molecule has 5 nitrogen and oxygen atoms in total. The van der Waals surface area contributed by atoms with Gasteiger partial charge >= 0.3 is 12.6 Å². The minimum atomic E-state index is -3.08. The second-order valence-electron chi connectivity index (χ2n) is 6.37. The number of hydrogen-bond donors (Lipinski definition) is 0. The van der Waals surface area contributed by atoms with Crippen LogP contribution in [0.25, 0.3) is 6.08 Å². The molecule has 1 aliphatic rings. The molecule has 0 saturated heterocycles. The number of benzene rings is 2. The molecule has 0 heterocycles. The SMILES string of the molecule is COc1cccc(/C=C/C(=O)Oc2ccc(F)c3c2C(=O)CC3C)c1OC(F)F. The van der Waals surface area contributed by atoms with Gasteiger partial charge in [-0.15, -0.1) is 0 Å². The Bertz CT molecular complexity index is 985. The van der Waals surface area contributed by atoms with Crippen LogP contribution in [0.1, 0.15) is 40.7 Å². The Morgan fingerprint density at radius 1 is 1.21 bits per heavy atom. The summed E-state index contributed by atoms with van der Waals surface area (Å²) < 4.78 is 54.0. The number of fused-ring (bicyclic) bond motifs is 1. The summed E-state index contributed by atoms with van der Waals surface area (Å²) in [7, 11) is 1.29. The predicted molar refractivity (Wildman–Crippen MR) is 98.1 cm³/mol. The van der Waals surface area contributed by atoms with Gasteiger partial charge in [0.05, 0.1) is 12.7 Å². The van der Waals surface area contributed by atoms with Crippen LogP contribution in [-0.2, 0) is 4.79 Å². The first-order chi connectivity index (χ1) is 13.8. The van der Waals surface area contributed by atoms with Crippen LogP contribution in [0.2, 0.25) is 0 Å². The van der Waals surface area contributed by atoms with E-state index in [9.17, 15) is 22.8 Å². The molecule has 0 spiro atoms. The number of ketones is 1. The first-order valence-corrected chi connectivity index (χ1v) is 8.69. The van der Waals surface area contributed by atoms with Crippen LogP contribution in [0.15, 0.2) is 36.4 Å². The van der Waals surface area contributed by atoms with Gasteiger partial charge in [0.15, 0.2) is 17.3 Å². The molecule has 2 aromatic rings. The van der Waals surface area contributed by atoms with Crippen LogP contribution in [-0.4, -0.2) is 25.5 Å². The van der Waals surface area contributed by atoms with Gasteiger partial charge in [-0.25, -0.2) is 9.18 Å². The molecule has 29 heavy (non-hydrogen) atoms. The average molecular weight is 406 g/mol. The highest BCUT2D eigenvalue weighted by Crippen LogP contribution is 2.40. The van der Waals surface area contributed by atoms with Crippen molar-refractivity contribution in [1.82, 2.24) is 0 Å². The molecule has 1 unspecified atom stereocenters. The zero-order valence-electron chi connectivity index (χ0n) is 15.6. The van der Waals surface area contributed by atoms with Gasteiger partial charge in [0, 0.05) is 23.6 Å². The van der Waals surface area contributed by atoms with Gasteiger partial charge in [-0.05, 0) is 30.2 Å². The number of alkyl halides is 2. The first-order valence-electron chi connectivity index (χ1n) is 8.69. The van der Waals surface area contributed by atoms with E-state index in [1.165, 1.54) is 37.5 Å². The molecule has 0 N–H and O–H groups in total. The van der Waals surface area contributed by atoms with E-state index >= 15 is 0 Å². The number of Topliss-reactive ketones (excluding diaryl/α,β-unsaturated/α-hetero) is 1. The molecule has 8 heteroatoms. The Hall–Kier alpha value is -3.29. The Labute approximate surface area is 164 Å². The summed E-state index contributed by atoms with van der Waals surface area (Å²) in [6, 6.07) is 6.77. The van der Waals surface area contributed by atoms with Crippen molar-refractivity contribution >= 4 is 17.8 Å². The lowest BCUT2D eigenvalue weighted by molar-refractivity contribution is -0.128. The molecule has 2 aromatic carbocycles. The summed E-state index contributed by atoms with van der Waals surface area (Å²) in [5.41, 5.74) is 0.447. The highest BCUT2D eigenvalue weighted by Gasteiger charge is 2.33. The molecular weight excluding hydrogens is 389 g/mol. The van der Waals surface area contributed by atoms with E-state index in [4.69, 9.17) is 9.47 Å². The lowest BCUT2D eigenvalue weighted by Crippen LogP contribution is -2.08. The fourth-order valence-corrected chi connectivity index (χ4v) is 3.25. The van der Waals surface area contributed by atoms with E-state index < -0.39 is 18.4 Å². The molecule has 1 aliphatic carbocycles. The van der Waals surface area contributed by atoms with Crippen LogP contribution < -0.4 is 14.2 Å². The molecule has 1 atom stereocenters. The molecule has 0 aliphatic heterocycles. The number of para-hydroxylation sites is 1. The van der Waals surface area contributed by atoms with Crippen molar-refractivity contribution in [3.63, 3.8) is 0 Å². The van der Waals surface area contributed by atoms with E-state index in [0.29, 0.717) is 0 Å². The number of methoxy groups -OCH3 is 1. The van der Waals surface area contributed by atoms with E-state index in [2.05, 4.69) is 4.74 Å². The monoisotopic (exact) mass is 406 g/mol. The van der Waals surface area contributed by atoms with Gasteiger partial charge in [-0.1, -0.05) is 19.1 Å². The largest absolute Gasteiger partial charge is 0.493 e. The maximum atomic E-state index is 14.0. The molecule has 0 aromatic heterocycles. The van der Waals surface area contributed by atoms with Gasteiger partial charge in [-0.2, -0.15) is 8.78 Å². The standard InChI is InChI=1S/C21H17F3O5/c1-11-10-14(25)19-15(8-7-13(22)18(11)19)28-17(26)9-6-12-4-3-5-16(27-2)20(12)29-21(23)24/h3-9,11,21H,10H2,1-2H3/b9-6+. The van der Waals surface area contributed by atoms with Gasteiger partial charge in [0.2, 0.25) is 0 Å². The van der Waals surface area contributed by atoms with Crippen LogP contribution in [0, 0.1) is 5.82 Å². The highest BCUT2D eigenvalue weighted by atomic mass is 19.3. The molecule has 0 bridgehead atoms. The molecule has 0 saturated carbocycles. The topological polar surface area (TPSA) is 61.8 Å². The molecule has 152 valence electrons. The second kappa shape index (κ2) is 8.38. The molecule has 0 fully saturated rings. The number of carbonyl (C=O) groups is 2. The Morgan fingerprint density at radius 3 is 2.66 bits per heavy atom. The van der Waals surface area contributed by atoms with Crippen LogP contribution >= 0.6 is 0 Å². The van der Waals surface area contributed by atoms with E-state index in [1.54, 1.807) is 6.92 Å². The number of rotatable bonds is 6. The summed E-state index contributed by atoms with van der Waals surface area (Å²) >= 11 is 0. The minimum absolute atomic E-state index is 0.0416. The molecule has 0 amide bonds. The quantitative estimate of drug-likeness (QED) is 0.394. The lowest BCUT2D eigenvalue weighted by Gasteiger charge is -2.12. The van der Waals surface area contributed by atoms with Crippen molar-refractivity contribution < 1.29 is 37.0 Å². The normalized spacial score (nSPS) is 15.7. The Balaban J connectivity index is 1.85. The third-order valence-electron chi connectivity index (χ3n) is 4.46. The first kappa shape index (κ1) is 20.4. The van der Waals surface area contributed by atoms with E-state index in [0.717, 1.165) is 12.1 Å². The Morgan fingerprint density at radius 2 is 1.97 bits per heavy atom. The maximum Gasteiger partial charge on any atom is 0.387 e. The fourth-order valence-electron chi connectivity index (χ4n) is 3.25. The Kier molecular flexibility index (Phi) is 5.91. The fraction of sp³-hybridized carbons (Fsp3) is 0.238. The molecule has 0 radical (unpaired) electrons. The van der Waals surface area contributed by atoms with E-state index in [-0.39, 0.29) is 52.1 Å². The summed E-state index contributed by atoms with van der Waals surface area (Å²) in [6.07, 6.45) is 2.34. The lowest BCUT2D eigenvalue weighted by atomic mass is 10.0. The van der Waals surface area contributed by atoms with Crippen LogP contribution in [0.5, 0.6) is 17.2 Å². The second-order valence-corrected chi connectivity index (χ2v) is 6.37. The van der Waals surface area contributed by atoms with Crippen molar-refractivity contribution in [2.24, 2.45) is 0 Å². The van der Waals surface area contributed by atoms with Gasteiger partial charge in [-0.3, -0.25) is 4.79 Å². The van der Waals surface area contributed by atoms with Gasteiger partial charge in [0.25, 0.3) is 0 Å². The van der Waals surface area contributed by atoms with Crippen molar-refractivity contribution in [2.45, 2.75) is 25.9 Å². The van der Waals surface area contributed by atoms with Crippen LogP contribution in [0.3, 0.4) is 0 Å². The summed E-state index contributed by atoms with van der Waals surface area (Å²) in [6.45, 7) is -1.37. The summed E-state index contributed by atoms with van der Waals surface area (Å²) in [5.74, 6) is -2.22. The van der Waals surface area contributed by atoms with Gasteiger partial charge in [0.1, 0.15) is 11.6 Å². The number of hydrogen-bond acceptors (Lipinski definition) is 5. The third kappa shape index (κ3) is 4.26. The number of ether oxygens (including phenoxy) is 3. The molecular formula is C21H17F3O5. The third-order valence-corrected chi connectivity index (χ3v) is 4.46.